The molecule has 0 N–H and O–H groups in total. The van der Waals surface area contributed by atoms with Gasteiger partial charge in [0.15, 0.2) is 5.76 Å². The smallest absolute Gasteiger partial charge is 0.222 e. The maximum Gasteiger partial charge on any atom is 0.222 e. The summed E-state index contributed by atoms with van der Waals surface area (Å²) in [5, 5.41) is 0. The highest BCUT2D eigenvalue weighted by molar-refractivity contribution is 5.94. The molecule has 0 atom stereocenters. The van der Waals surface area contributed by atoms with Crippen molar-refractivity contribution in [2.45, 2.75) is 12.8 Å². The van der Waals surface area contributed by atoms with E-state index < -0.39 is 0 Å². The molecule has 80 valence electrons. The molecule has 0 amide bonds. The van der Waals surface area contributed by atoms with Crippen LogP contribution in [0.1, 0.15) is 12.8 Å². The zero-order valence-electron chi connectivity index (χ0n) is 8.45. The predicted molar refractivity (Wildman–Crippen MR) is 51.0 cm³/mol. The fourth-order valence-corrected chi connectivity index (χ4v) is 1.13. The molecule has 0 fully saturated rings. The minimum Gasteiger partial charge on any atom is -0.490 e. The van der Waals surface area contributed by atoms with Gasteiger partial charge in [-0.15, -0.1) is 0 Å². The number of ketones is 1. The van der Waals surface area contributed by atoms with Crippen molar-refractivity contribution in [2.75, 3.05) is 33.5 Å². The van der Waals surface area contributed by atoms with Crippen LogP contribution in [-0.2, 0) is 19.0 Å². The van der Waals surface area contributed by atoms with Crippen molar-refractivity contribution in [3.8, 4) is 0 Å². The van der Waals surface area contributed by atoms with Crippen molar-refractivity contribution in [2.24, 2.45) is 0 Å². The van der Waals surface area contributed by atoms with Crippen LogP contribution < -0.4 is 0 Å². The number of carbonyl (C=O) groups is 1. The first kappa shape index (κ1) is 11.2. The van der Waals surface area contributed by atoms with Crippen LogP contribution in [0.2, 0.25) is 0 Å². The molecule has 4 heteroatoms. The Bertz CT molecular complexity index is 210. The Morgan fingerprint density at radius 3 is 3.07 bits per heavy atom. The average molecular weight is 200 g/mol. The molecule has 0 unspecified atom stereocenters. The molecule has 4 nitrogen and oxygen atoms in total. The van der Waals surface area contributed by atoms with Crippen LogP contribution in [0.25, 0.3) is 0 Å². The molecule has 14 heavy (non-hydrogen) atoms. The van der Waals surface area contributed by atoms with Gasteiger partial charge in [0, 0.05) is 7.11 Å². The summed E-state index contributed by atoms with van der Waals surface area (Å²) in [6, 6.07) is 0. The van der Waals surface area contributed by atoms with Gasteiger partial charge in [-0.1, -0.05) is 0 Å². The van der Waals surface area contributed by atoms with Crippen molar-refractivity contribution in [3.63, 3.8) is 0 Å². The van der Waals surface area contributed by atoms with Crippen molar-refractivity contribution in [3.05, 3.63) is 11.8 Å². The van der Waals surface area contributed by atoms with Crippen LogP contribution in [0.15, 0.2) is 11.8 Å². The Hall–Kier alpha value is -0.870. The Kier molecular flexibility index (Phi) is 5.25. The summed E-state index contributed by atoms with van der Waals surface area (Å²) >= 11 is 0. The summed E-state index contributed by atoms with van der Waals surface area (Å²) in [7, 11) is 1.60. The van der Waals surface area contributed by atoms with Crippen molar-refractivity contribution < 1.29 is 19.0 Å². The van der Waals surface area contributed by atoms with Crippen LogP contribution in [0, 0.1) is 0 Å². The number of Topliss-reactive ketones (excluding diaryl/α,β-unsaturated/α-hetero) is 1. The predicted octanol–water partition coefficient (Wildman–Crippen LogP) is 0.913. The normalized spacial score (nSPS) is 15.9. The van der Waals surface area contributed by atoms with E-state index in [2.05, 4.69) is 0 Å². The summed E-state index contributed by atoms with van der Waals surface area (Å²) in [4.78, 5) is 11.4. The van der Waals surface area contributed by atoms with Gasteiger partial charge in [-0.3, -0.25) is 4.79 Å². The lowest BCUT2D eigenvalue weighted by molar-refractivity contribution is -0.124. The number of hydrogen-bond donors (Lipinski definition) is 0. The molecule has 0 saturated carbocycles. The first-order valence-corrected chi connectivity index (χ1v) is 4.77. The Morgan fingerprint density at radius 1 is 1.57 bits per heavy atom. The minimum atomic E-state index is -0.0826. The van der Waals surface area contributed by atoms with Crippen LogP contribution in [0.5, 0.6) is 0 Å². The first-order chi connectivity index (χ1) is 6.84. The highest BCUT2D eigenvalue weighted by atomic mass is 16.5. The number of allylic oxidation sites excluding steroid dienone is 1. The molecule has 0 saturated heterocycles. The molecule has 0 aliphatic carbocycles. The summed E-state index contributed by atoms with van der Waals surface area (Å²) in [6.07, 6.45) is 3.73. The largest absolute Gasteiger partial charge is 0.490 e. The van der Waals surface area contributed by atoms with Gasteiger partial charge in [0.05, 0.1) is 19.8 Å². The monoisotopic (exact) mass is 200 g/mol. The Morgan fingerprint density at radius 2 is 2.43 bits per heavy atom. The molecule has 0 bridgehead atoms. The van der Waals surface area contributed by atoms with Crippen molar-refractivity contribution >= 4 is 5.78 Å². The highest BCUT2D eigenvalue weighted by Crippen LogP contribution is 2.10. The number of ether oxygens (including phenoxy) is 3. The van der Waals surface area contributed by atoms with E-state index in [0.29, 0.717) is 25.6 Å². The van der Waals surface area contributed by atoms with Crippen LogP contribution in [0.3, 0.4) is 0 Å². The molecule has 1 heterocycles. The summed E-state index contributed by atoms with van der Waals surface area (Å²) in [5.74, 6) is 0.370. The standard InChI is InChI=1S/C10H16O4/c1-12-6-7-13-8-9(11)10-4-2-3-5-14-10/h4H,2-3,5-8H2,1H3. The van der Waals surface area contributed by atoms with Gasteiger partial charge in [-0.2, -0.15) is 0 Å². The van der Waals surface area contributed by atoms with E-state index in [0.717, 1.165) is 12.8 Å². The number of methoxy groups -OCH3 is 1. The van der Waals surface area contributed by atoms with E-state index in [1.807, 2.05) is 6.08 Å². The topological polar surface area (TPSA) is 44.8 Å². The van der Waals surface area contributed by atoms with Crippen LogP contribution in [-0.4, -0.2) is 39.3 Å². The fraction of sp³-hybridized carbons (Fsp3) is 0.700. The van der Waals surface area contributed by atoms with Crippen LogP contribution in [0.4, 0.5) is 0 Å². The maximum absolute atomic E-state index is 11.4. The summed E-state index contributed by atoms with van der Waals surface area (Å²) in [5.41, 5.74) is 0. The van der Waals surface area contributed by atoms with Gasteiger partial charge in [0.2, 0.25) is 5.78 Å². The minimum absolute atomic E-state index is 0.0786. The van der Waals surface area contributed by atoms with E-state index in [-0.39, 0.29) is 12.4 Å². The quantitative estimate of drug-likeness (QED) is 0.598. The van der Waals surface area contributed by atoms with Crippen LogP contribution >= 0.6 is 0 Å². The van der Waals surface area contributed by atoms with Gasteiger partial charge in [-0.25, -0.2) is 0 Å². The first-order valence-electron chi connectivity index (χ1n) is 4.77. The lowest BCUT2D eigenvalue weighted by atomic mass is 10.2. The second-order valence-corrected chi connectivity index (χ2v) is 3.03. The van der Waals surface area contributed by atoms with Gasteiger partial charge in [-0.05, 0) is 18.9 Å². The van der Waals surface area contributed by atoms with E-state index in [1.165, 1.54) is 0 Å². The SMILES string of the molecule is COCCOCC(=O)C1=CCCCO1. The second-order valence-electron chi connectivity index (χ2n) is 3.03. The third kappa shape index (κ3) is 3.89. The molecule has 0 aromatic carbocycles. The van der Waals surface area contributed by atoms with E-state index in [9.17, 15) is 4.79 Å². The zero-order chi connectivity index (χ0) is 10.2. The molecule has 1 aliphatic rings. The van der Waals surface area contributed by atoms with E-state index >= 15 is 0 Å². The average Bonchev–Trinajstić information content (AvgIpc) is 2.25. The van der Waals surface area contributed by atoms with Gasteiger partial charge < -0.3 is 14.2 Å². The molecular formula is C10H16O4. The fourth-order valence-electron chi connectivity index (χ4n) is 1.13. The molecule has 1 rings (SSSR count). The molecular weight excluding hydrogens is 184 g/mol. The number of carbonyl (C=O) groups excluding carboxylic acids is 1. The third-order valence-corrected chi connectivity index (χ3v) is 1.88. The number of rotatable bonds is 6. The van der Waals surface area contributed by atoms with Gasteiger partial charge >= 0.3 is 0 Å². The third-order valence-electron chi connectivity index (χ3n) is 1.88. The Balaban J connectivity index is 2.17. The molecule has 0 aromatic rings. The summed E-state index contributed by atoms with van der Waals surface area (Å²) in [6.45, 7) is 1.66. The van der Waals surface area contributed by atoms with Gasteiger partial charge in [0.1, 0.15) is 6.61 Å². The molecule has 0 radical (unpaired) electrons. The lowest BCUT2D eigenvalue weighted by Gasteiger charge is -2.13. The number of hydrogen-bond acceptors (Lipinski definition) is 4. The van der Waals surface area contributed by atoms with Gasteiger partial charge in [0.25, 0.3) is 0 Å². The lowest BCUT2D eigenvalue weighted by Crippen LogP contribution is -2.17. The summed E-state index contributed by atoms with van der Waals surface area (Å²) < 4.78 is 15.1. The highest BCUT2D eigenvalue weighted by Gasteiger charge is 2.13. The zero-order valence-corrected chi connectivity index (χ0v) is 8.45. The van der Waals surface area contributed by atoms with E-state index in [1.54, 1.807) is 7.11 Å². The molecule has 0 spiro atoms. The second kappa shape index (κ2) is 6.56. The van der Waals surface area contributed by atoms with Crippen molar-refractivity contribution in [1.29, 1.82) is 0 Å². The van der Waals surface area contributed by atoms with Crippen molar-refractivity contribution in [1.82, 2.24) is 0 Å². The maximum atomic E-state index is 11.4. The molecule has 0 aromatic heterocycles. The Labute approximate surface area is 83.8 Å². The van der Waals surface area contributed by atoms with E-state index in [4.69, 9.17) is 14.2 Å². The molecule has 1 aliphatic heterocycles.